The number of alkyl halides is 3. The van der Waals surface area contributed by atoms with Crippen molar-refractivity contribution in [1.29, 1.82) is 0 Å². The number of rotatable bonds is 2. The molecular weight excluding hydrogens is 257 g/mol. The summed E-state index contributed by atoms with van der Waals surface area (Å²) in [6, 6.07) is 7.84. The highest BCUT2D eigenvalue weighted by Crippen LogP contribution is 2.35. The molecule has 0 saturated carbocycles. The standard InChI is InChI=1S/C14H11F3O2/c1-10(11(2)18)13(19,14(15,16)17)9-8-12-6-4-3-5-7-12/h3-7,19H,1H2,2H3. The van der Waals surface area contributed by atoms with Gasteiger partial charge in [0.15, 0.2) is 5.78 Å². The lowest BCUT2D eigenvalue weighted by molar-refractivity contribution is -0.220. The molecule has 0 aliphatic heterocycles. The maximum atomic E-state index is 12.9. The van der Waals surface area contributed by atoms with Crippen LogP contribution in [0.3, 0.4) is 0 Å². The highest BCUT2D eigenvalue weighted by Gasteiger charge is 2.56. The summed E-state index contributed by atoms with van der Waals surface area (Å²) in [7, 11) is 0. The Labute approximate surface area is 108 Å². The van der Waals surface area contributed by atoms with Crippen LogP contribution in [0, 0.1) is 11.8 Å². The van der Waals surface area contributed by atoms with Crippen molar-refractivity contribution in [2.24, 2.45) is 0 Å². The third-order valence-electron chi connectivity index (χ3n) is 2.43. The van der Waals surface area contributed by atoms with Gasteiger partial charge in [0.05, 0.1) is 0 Å². The molecular formula is C14H11F3O2. The molecule has 0 aliphatic carbocycles. The zero-order valence-electron chi connectivity index (χ0n) is 10.1. The first kappa shape index (κ1) is 15.0. The summed E-state index contributed by atoms with van der Waals surface area (Å²) in [5.74, 6) is 2.92. The van der Waals surface area contributed by atoms with Gasteiger partial charge in [-0.05, 0) is 25.0 Å². The molecule has 0 aromatic heterocycles. The highest BCUT2D eigenvalue weighted by molar-refractivity contribution is 5.95. The predicted octanol–water partition coefficient (Wildman–Crippen LogP) is 2.48. The average molecular weight is 268 g/mol. The van der Waals surface area contributed by atoms with Gasteiger partial charge < -0.3 is 5.11 Å². The Kier molecular flexibility index (Phi) is 4.17. The van der Waals surface area contributed by atoms with Gasteiger partial charge in [-0.2, -0.15) is 13.2 Å². The number of Topliss-reactive ketones (excluding diaryl/α,β-unsaturated/α-hetero) is 1. The van der Waals surface area contributed by atoms with Crippen LogP contribution in [0.2, 0.25) is 0 Å². The van der Waals surface area contributed by atoms with E-state index >= 15 is 0 Å². The van der Waals surface area contributed by atoms with E-state index in [4.69, 9.17) is 0 Å². The molecule has 0 bridgehead atoms. The monoisotopic (exact) mass is 268 g/mol. The van der Waals surface area contributed by atoms with Crippen LogP contribution < -0.4 is 0 Å². The summed E-state index contributed by atoms with van der Waals surface area (Å²) in [6.07, 6.45) is -5.10. The Morgan fingerprint density at radius 3 is 2.21 bits per heavy atom. The van der Waals surface area contributed by atoms with Crippen LogP contribution in [0.15, 0.2) is 42.5 Å². The first-order valence-electron chi connectivity index (χ1n) is 5.26. The van der Waals surface area contributed by atoms with E-state index in [0.29, 0.717) is 5.56 Å². The number of benzene rings is 1. The number of halogens is 3. The predicted molar refractivity (Wildman–Crippen MR) is 64.1 cm³/mol. The van der Waals surface area contributed by atoms with Crippen LogP contribution in [0.1, 0.15) is 12.5 Å². The second-order valence-corrected chi connectivity index (χ2v) is 3.86. The molecule has 0 aliphatic rings. The van der Waals surface area contributed by atoms with Crippen molar-refractivity contribution in [3.8, 4) is 11.8 Å². The van der Waals surface area contributed by atoms with E-state index in [1.165, 1.54) is 12.1 Å². The maximum Gasteiger partial charge on any atom is 0.433 e. The van der Waals surface area contributed by atoms with Gasteiger partial charge in [-0.15, -0.1) is 0 Å². The molecule has 0 saturated heterocycles. The summed E-state index contributed by atoms with van der Waals surface area (Å²) in [5.41, 5.74) is -4.24. The zero-order chi connectivity index (χ0) is 14.7. The number of hydrogen-bond donors (Lipinski definition) is 1. The minimum Gasteiger partial charge on any atom is -0.366 e. The van der Waals surface area contributed by atoms with Crippen LogP contribution in [0.4, 0.5) is 13.2 Å². The van der Waals surface area contributed by atoms with Gasteiger partial charge in [0.2, 0.25) is 0 Å². The summed E-state index contributed by atoms with van der Waals surface area (Å²) in [6.45, 7) is 3.88. The van der Waals surface area contributed by atoms with Crippen LogP contribution in [0.5, 0.6) is 0 Å². The second-order valence-electron chi connectivity index (χ2n) is 3.86. The van der Waals surface area contributed by atoms with Gasteiger partial charge in [-0.3, -0.25) is 4.79 Å². The Bertz CT molecular complexity index is 550. The molecule has 1 unspecified atom stereocenters. The normalized spacial score (nSPS) is 13.9. The molecule has 1 aromatic rings. The Morgan fingerprint density at radius 2 is 1.79 bits per heavy atom. The van der Waals surface area contributed by atoms with Gasteiger partial charge in [0.1, 0.15) is 0 Å². The van der Waals surface area contributed by atoms with E-state index < -0.39 is 23.1 Å². The molecule has 1 aromatic carbocycles. The van der Waals surface area contributed by atoms with Crippen molar-refractivity contribution in [2.75, 3.05) is 0 Å². The third kappa shape index (κ3) is 3.24. The van der Waals surface area contributed by atoms with Crippen LogP contribution in [-0.4, -0.2) is 22.7 Å². The fraction of sp³-hybridized carbons (Fsp3) is 0.214. The molecule has 1 rings (SSSR count). The minimum absolute atomic E-state index is 0.293. The Balaban J connectivity index is 3.26. The van der Waals surface area contributed by atoms with Gasteiger partial charge in [-0.1, -0.05) is 30.7 Å². The molecule has 0 radical (unpaired) electrons. The van der Waals surface area contributed by atoms with Gasteiger partial charge >= 0.3 is 6.18 Å². The van der Waals surface area contributed by atoms with E-state index in [1.54, 1.807) is 24.1 Å². The largest absolute Gasteiger partial charge is 0.433 e. The van der Waals surface area contributed by atoms with Crippen LogP contribution in [0.25, 0.3) is 0 Å². The second kappa shape index (κ2) is 5.29. The number of ketones is 1. The van der Waals surface area contributed by atoms with Crippen LogP contribution in [-0.2, 0) is 4.79 Å². The molecule has 0 amide bonds. The summed E-state index contributed by atoms with van der Waals surface area (Å²) >= 11 is 0. The SMILES string of the molecule is C=C(C(C)=O)C(O)(C#Cc1ccccc1)C(F)(F)F. The van der Waals surface area contributed by atoms with Crippen molar-refractivity contribution >= 4 is 5.78 Å². The molecule has 19 heavy (non-hydrogen) atoms. The Morgan fingerprint density at radius 1 is 1.26 bits per heavy atom. The van der Waals surface area contributed by atoms with E-state index in [1.807, 2.05) is 0 Å². The Hall–Kier alpha value is -2.06. The molecule has 0 fully saturated rings. The molecule has 1 N–H and O–H groups in total. The molecule has 5 heteroatoms. The average Bonchev–Trinajstić information content (AvgIpc) is 2.34. The fourth-order valence-electron chi connectivity index (χ4n) is 1.26. The van der Waals surface area contributed by atoms with Crippen molar-refractivity contribution in [3.63, 3.8) is 0 Å². The van der Waals surface area contributed by atoms with Crippen molar-refractivity contribution in [1.82, 2.24) is 0 Å². The number of hydrogen-bond acceptors (Lipinski definition) is 2. The van der Waals surface area contributed by atoms with Gasteiger partial charge in [-0.25, -0.2) is 0 Å². The van der Waals surface area contributed by atoms with Crippen molar-refractivity contribution in [3.05, 3.63) is 48.0 Å². The topological polar surface area (TPSA) is 37.3 Å². The third-order valence-corrected chi connectivity index (χ3v) is 2.43. The van der Waals surface area contributed by atoms with E-state index in [9.17, 15) is 23.1 Å². The molecule has 0 spiro atoms. The summed E-state index contributed by atoms with van der Waals surface area (Å²) < 4.78 is 38.6. The summed E-state index contributed by atoms with van der Waals surface area (Å²) in [4.78, 5) is 11.0. The van der Waals surface area contributed by atoms with Crippen molar-refractivity contribution < 1.29 is 23.1 Å². The highest BCUT2D eigenvalue weighted by atomic mass is 19.4. The first-order chi connectivity index (χ1) is 8.68. The quantitative estimate of drug-likeness (QED) is 0.661. The molecule has 100 valence electrons. The van der Waals surface area contributed by atoms with E-state index in [2.05, 4.69) is 12.5 Å². The van der Waals surface area contributed by atoms with E-state index in [0.717, 1.165) is 6.92 Å². The molecule has 0 heterocycles. The molecule has 2 nitrogen and oxygen atoms in total. The number of carbonyl (C=O) groups is 1. The smallest absolute Gasteiger partial charge is 0.366 e. The fourth-order valence-corrected chi connectivity index (χ4v) is 1.26. The minimum atomic E-state index is -5.10. The van der Waals surface area contributed by atoms with Gasteiger partial charge in [0.25, 0.3) is 5.60 Å². The first-order valence-corrected chi connectivity index (χ1v) is 5.26. The number of aliphatic hydroxyl groups is 1. The van der Waals surface area contributed by atoms with Crippen molar-refractivity contribution in [2.45, 2.75) is 18.7 Å². The molecule has 1 atom stereocenters. The lowest BCUT2D eigenvalue weighted by atomic mass is 9.91. The summed E-state index contributed by atoms with van der Waals surface area (Å²) in [5, 5.41) is 9.63. The lowest BCUT2D eigenvalue weighted by Gasteiger charge is -2.25. The maximum absolute atomic E-state index is 12.9. The zero-order valence-corrected chi connectivity index (χ0v) is 10.1. The van der Waals surface area contributed by atoms with Gasteiger partial charge in [0, 0.05) is 11.1 Å². The number of carbonyl (C=O) groups excluding carboxylic acids is 1. The van der Waals surface area contributed by atoms with E-state index in [-0.39, 0.29) is 0 Å². The van der Waals surface area contributed by atoms with Crippen LogP contribution >= 0.6 is 0 Å². The lowest BCUT2D eigenvalue weighted by Crippen LogP contribution is -2.47.